The molecule has 0 spiro atoms. The first kappa shape index (κ1) is 41.5. The predicted molar refractivity (Wildman–Crippen MR) is 211 cm³/mol. The lowest BCUT2D eigenvalue weighted by Crippen LogP contribution is -2.68. The van der Waals surface area contributed by atoms with Gasteiger partial charge in [-0.3, -0.25) is 14.4 Å². The highest BCUT2D eigenvalue weighted by molar-refractivity contribution is 5.90. The second-order valence-corrected chi connectivity index (χ2v) is 21.0. The van der Waals surface area contributed by atoms with Gasteiger partial charge in [-0.1, -0.05) is 99.1 Å². The summed E-state index contributed by atoms with van der Waals surface area (Å²) in [6.07, 6.45) is 21.5. The molecule has 0 aromatic rings. The monoisotopic (exact) mass is 724 g/mol. The Kier molecular flexibility index (Phi) is 12.3. The third-order valence-electron chi connectivity index (χ3n) is 17.5. The smallest absolute Gasteiger partial charge is 0.304 e. The van der Waals surface area contributed by atoms with E-state index in [-0.39, 0.29) is 45.3 Å². The number of carboxylic acids is 2. The number of carbonyl (C=O) groups excluding carboxylic acids is 1. The average Bonchev–Trinajstić information content (AvgIpc) is 3.43. The van der Waals surface area contributed by atoms with Gasteiger partial charge in [0.25, 0.3) is 0 Å². The standard InChI is InChI=1S/C46H77NO5/c1-31(2)32-21-26-46(47-29-17-15-13-11-10-12-14-16-18-37(48)49)28-27-44(8)33(39(32)46)19-20-36-43(7)24-22-34(40(52)41(3,4)30-38(50)51)42(5,6)35(43)23-25-45(36,44)9/h32-36,39,47H,1,10-30H2,2-9H3,(H,48,49)(H,50,51)/t32-,33?,34+,35?,36?,39?,43-,44+,45+,46-/m0/s1. The molecule has 0 bridgehead atoms. The van der Waals surface area contributed by atoms with E-state index < -0.39 is 17.4 Å². The number of Topliss-reactive ketones (excluding diaryl/α,β-unsaturated/α-hetero) is 1. The van der Waals surface area contributed by atoms with Gasteiger partial charge >= 0.3 is 11.9 Å². The van der Waals surface area contributed by atoms with Gasteiger partial charge in [0.05, 0.1) is 6.42 Å². The Hall–Kier alpha value is -1.69. The van der Waals surface area contributed by atoms with Crippen LogP contribution in [0.5, 0.6) is 0 Å². The van der Waals surface area contributed by atoms with Crippen LogP contribution in [0.15, 0.2) is 12.2 Å². The van der Waals surface area contributed by atoms with Crippen LogP contribution >= 0.6 is 0 Å². The molecule has 296 valence electrons. The lowest BCUT2D eigenvalue weighted by molar-refractivity contribution is -0.237. The zero-order chi connectivity index (χ0) is 38.3. The summed E-state index contributed by atoms with van der Waals surface area (Å²) in [7, 11) is 0. The number of ketones is 1. The molecular formula is C46H77NO5. The summed E-state index contributed by atoms with van der Waals surface area (Å²) in [6.45, 7) is 24.4. The van der Waals surface area contributed by atoms with Crippen molar-refractivity contribution in [2.24, 2.45) is 62.6 Å². The molecule has 0 saturated heterocycles. The molecule has 0 aliphatic heterocycles. The van der Waals surface area contributed by atoms with E-state index in [4.69, 9.17) is 5.11 Å². The lowest BCUT2D eigenvalue weighted by Gasteiger charge is -2.73. The summed E-state index contributed by atoms with van der Waals surface area (Å²) in [5.41, 5.74) is 1.35. The molecule has 52 heavy (non-hydrogen) atoms. The second-order valence-electron chi connectivity index (χ2n) is 21.0. The van der Waals surface area contributed by atoms with Gasteiger partial charge in [-0.15, -0.1) is 0 Å². The molecule has 5 rings (SSSR count). The molecule has 4 unspecified atom stereocenters. The molecule has 10 atom stereocenters. The maximum atomic E-state index is 14.1. The van der Waals surface area contributed by atoms with Crippen LogP contribution < -0.4 is 5.32 Å². The van der Waals surface area contributed by atoms with E-state index in [1.54, 1.807) is 0 Å². The summed E-state index contributed by atoms with van der Waals surface area (Å²) in [6, 6.07) is 0. The van der Waals surface area contributed by atoms with Crippen molar-refractivity contribution in [2.75, 3.05) is 6.54 Å². The highest BCUT2D eigenvalue weighted by Crippen LogP contribution is 2.77. The van der Waals surface area contributed by atoms with Gasteiger partial charge in [-0.25, -0.2) is 0 Å². The van der Waals surface area contributed by atoms with Crippen molar-refractivity contribution in [3.63, 3.8) is 0 Å². The molecule has 0 amide bonds. The molecule has 0 radical (unpaired) electrons. The van der Waals surface area contributed by atoms with E-state index in [0.717, 1.165) is 38.6 Å². The van der Waals surface area contributed by atoms with E-state index >= 15 is 0 Å². The fourth-order valence-electron chi connectivity index (χ4n) is 14.7. The van der Waals surface area contributed by atoms with E-state index in [1.165, 1.54) is 89.0 Å². The number of carbonyl (C=O) groups is 3. The molecule has 0 aromatic carbocycles. The second kappa shape index (κ2) is 15.4. The molecule has 0 aromatic heterocycles. The van der Waals surface area contributed by atoms with E-state index in [2.05, 4.69) is 53.4 Å². The molecule has 5 aliphatic carbocycles. The Morgan fingerprint density at radius 1 is 0.712 bits per heavy atom. The first-order chi connectivity index (χ1) is 24.3. The third kappa shape index (κ3) is 7.35. The van der Waals surface area contributed by atoms with Gasteiger partial charge in [0.1, 0.15) is 5.78 Å². The number of nitrogens with one attached hydrogen (secondary N) is 1. The van der Waals surface area contributed by atoms with Crippen LogP contribution in [0.4, 0.5) is 0 Å². The number of hydrogen-bond donors (Lipinski definition) is 3. The van der Waals surface area contributed by atoms with Crippen molar-refractivity contribution in [2.45, 2.75) is 189 Å². The molecule has 6 nitrogen and oxygen atoms in total. The summed E-state index contributed by atoms with van der Waals surface area (Å²) in [4.78, 5) is 36.5. The first-order valence-electron chi connectivity index (χ1n) is 21.7. The fourth-order valence-corrected chi connectivity index (χ4v) is 14.7. The highest BCUT2D eigenvalue weighted by Gasteiger charge is 2.71. The van der Waals surface area contributed by atoms with Crippen molar-refractivity contribution in [3.05, 3.63) is 12.2 Å². The third-order valence-corrected chi connectivity index (χ3v) is 17.5. The predicted octanol–water partition coefficient (Wildman–Crippen LogP) is 11.3. The molecular weight excluding hydrogens is 647 g/mol. The Labute approximate surface area is 317 Å². The van der Waals surface area contributed by atoms with Crippen molar-refractivity contribution in [3.8, 4) is 0 Å². The number of fused-ring (bicyclic) bond motifs is 7. The Bertz CT molecular complexity index is 1340. The first-order valence-corrected chi connectivity index (χ1v) is 21.7. The van der Waals surface area contributed by atoms with Gasteiger partial charge < -0.3 is 15.5 Å². The molecule has 3 N–H and O–H groups in total. The number of hydrogen-bond acceptors (Lipinski definition) is 4. The lowest BCUT2D eigenvalue weighted by atomic mass is 9.32. The fraction of sp³-hybridized carbons (Fsp3) is 0.891. The Morgan fingerprint density at radius 3 is 1.96 bits per heavy atom. The minimum absolute atomic E-state index is 0.0807. The van der Waals surface area contributed by atoms with E-state index in [9.17, 15) is 19.5 Å². The molecule has 5 aliphatic rings. The number of carboxylic acid groups (broad SMARTS) is 2. The largest absolute Gasteiger partial charge is 0.481 e. The number of aliphatic carboxylic acids is 2. The van der Waals surface area contributed by atoms with E-state index in [1.807, 2.05) is 13.8 Å². The zero-order valence-corrected chi connectivity index (χ0v) is 34.6. The minimum Gasteiger partial charge on any atom is -0.481 e. The summed E-state index contributed by atoms with van der Waals surface area (Å²) >= 11 is 0. The van der Waals surface area contributed by atoms with Crippen LogP contribution in [0, 0.1) is 62.6 Å². The SMILES string of the molecule is C=C(C)[C@@H]1CC[C@]2(NCCCCCCCCCCC(=O)O)CC[C@]3(C)C(CCC4[C@@]5(C)CC[C@H](C(=O)C(C)(C)CC(=O)O)C(C)(C)C5CC[C@]43C)C12. The minimum atomic E-state index is -0.882. The normalized spacial score (nSPS) is 39.5. The maximum absolute atomic E-state index is 14.1. The van der Waals surface area contributed by atoms with Gasteiger partial charge in [0, 0.05) is 23.3 Å². The van der Waals surface area contributed by atoms with Gasteiger partial charge in [-0.2, -0.15) is 0 Å². The summed E-state index contributed by atoms with van der Waals surface area (Å²) < 4.78 is 0. The zero-order valence-electron chi connectivity index (χ0n) is 34.6. The van der Waals surface area contributed by atoms with Gasteiger partial charge in [0.15, 0.2) is 0 Å². The van der Waals surface area contributed by atoms with Crippen molar-refractivity contribution in [1.82, 2.24) is 5.32 Å². The van der Waals surface area contributed by atoms with Crippen LogP contribution in [-0.2, 0) is 14.4 Å². The van der Waals surface area contributed by atoms with Crippen molar-refractivity contribution < 1.29 is 24.6 Å². The molecule has 5 fully saturated rings. The van der Waals surface area contributed by atoms with Crippen LogP contribution in [0.1, 0.15) is 184 Å². The molecule has 5 saturated carbocycles. The van der Waals surface area contributed by atoms with Crippen molar-refractivity contribution in [1.29, 1.82) is 0 Å². The maximum Gasteiger partial charge on any atom is 0.304 e. The van der Waals surface area contributed by atoms with Crippen LogP contribution in [-0.4, -0.2) is 40.0 Å². The van der Waals surface area contributed by atoms with Crippen LogP contribution in [0.2, 0.25) is 0 Å². The molecule has 6 heteroatoms. The highest BCUT2D eigenvalue weighted by atomic mass is 16.4. The van der Waals surface area contributed by atoms with E-state index in [0.29, 0.717) is 36.0 Å². The van der Waals surface area contributed by atoms with Gasteiger partial charge in [-0.05, 0) is 142 Å². The van der Waals surface area contributed by atoms with Crippen molar-refractivity contribution >= 4 is 17.7 Å². The summed E-state index contributed by atoms with van der Waals surface area (Å²) in [5, 5.41) is 22.7. The molecule has 0 heterocycles. The van der Waals surface area contributed by atoms with Crippen LogP contribution in [0.25, 0.3) is 0 Å². The Balaban J connectivity index is 1.27. The van der Waals surface area contributed by atoms with Gasteiger partial charge in [0.2, 0.25) is 0 Å². The number of allylic oxidation sites excluding steroid dienone is 1. The number of rotatable bonds is 17. The van der Waals surface area contributed by atoms with Crippen LogP contribution in [0.3, 0.4) is 0 Å². The average molecular weight is 724 g/mol. The topological polar surface area (TPSA) is 104 Å². The quantitative estimate of drug-likeness (QED) is 0.102. The summed E-state index contributed by atoms with van der Waals surface area (Å²) in [5.74, 6) is 1.59. The number of unbranched alkanes of at least 4 members (excludes halogenated alkanes) is 7. The Morgan fingerprint density at radius 2 is 1.35 bits per heavy atom.